The lowest BCUT2D eigenvalue weighted by Gasteiger charge is -2.34. The number of hydrogen-bond acceptors (Lipinski definition) is 4. The molecular formula is C16H22N2O4. The molecule has 1 aromatic rings. The third-order valence-corrected chi connectivity index (χ3v) is 4.47. The maximum Gasteiger partial charge on any atom is 0.269 e. The fourth-order valence-electron chi connectivity index (χ4n) is 2.85. The molecule has 1 aliphatic rings. The van der Waals surface area contributed by atoms with Crippen molar-refractivity contribution in [1.29, 1.82) is 0 Å². The summed E-state index contributed by atoms with van der Waals surface area (Å²) in [7, 11) is 0. The SMILES string of the molecule is C[C@H]1[C@@H](NC(=O)COc2ccc([N+](=O)[O-])cc2)CCC[C@@H]1C. The minimum Gasteiger partial charge on any atom is -0.484 e. The Labute approximate surface area is 130 Å². The molecule has 1 N–H and O–H groups in total. The second kappa shape index (κ2) is 7.24. The molecule has 0 spiro atoms. The van der Waals surface area contributed by atoms with Crippen LogP contribution in [0.5, 0.6) is 5.75 Å². The summed E-state index contributed by atoms with van der Waals surface area (Å²) < 4.78 is 5.37. The number of ether oxygens (including phenoxy) is 1. The number of non-ortho nitro benzene ring substituents is 1. The van der Waals surface area contributed by atoms with Crippen molar-refractivity contribution >= 4 is 11.6 Å². The number of rotatable bonds is 5. The Morgan fingerprint density at radius 1 is 1.32 bits per heavy atom. The van der Waals surface area contributed by atoms with Gasteiger partial charge in [0.15, 0.2) is 6.61 Å². The van der Waals surface area contributed by atoms with Crippen LogP contribution in [0.1, 0.15) is 33.1 Å². The number of amides is 1. The predicted octanol–water partition coefficient (Wildman–Crippen LogP) is 2.91. The van der Waals surface area contributed by atoms with E-state index in [1.807, 2.05) is 0 Å². The van der Waals surface area contributed by atoms with E-state index in [9.17, 15) is 14.9 Å². The summed E-state index contributed by atoms with van der Waals surface area (Å²) in [4.78, 5) is 22.1. The van der Waals surface area contributed by atoms with Crippen LogP contribution in [0.3, 0.4) is 0 Å². The van der Waals surface area contributed by atoms with Gasteiger partial charge in [0.05, 0.1) is 4.92 Å². The fourth-order valence-corrected chi connectivity index (χ4v) is 2.85. The van der Waals surface area contributed by atoms with E-state index in [1.165, 1.54) is 30.7 Å². The molecule has 3 atom stereocenters. The van der Waals surface area contributed by atoms with Gasteiger partial charge in [0.25, 0.3) is 11.6 Å². The number of carbonyl (C=O) groups excluding carboxylic acids is 1. The van der Waals surface area contributed by atoms with Crippen LogP contribution in [0, 0.1) is 22.0 Å². The van der Waals surface area contributed by atoms with Crippen molar-refractivity contribution in [2.24, 2.45) is 11.8 Å². The van der Waals surface area contributed by atoms with Crippen molar-refractivity contribution in [2.45, 2.75) is 39.2 Å². The molecule has 1 amide bonds. The number of benzene rings is 1. The minimum absolute atomic E-state index is 0.00168. The zero-order valence-electron chi connectivity index (χ0n) is 13.0. The maximum atomic E-state index is 12.0. The van der Waals surface area contributed by atoms with E-state index in [-0.39, 0.29) is 24.2 Å². The number of nitrogens with zero attached hydrogens (tertiary/aromatic N) is 1. The van der Waals surface area contributed by atoms with E-state index in [2.05, 4.69) is 19.2 Å². The number of carbonyl (C=O) groups is 1. The third kappa shape index (κ3) is 4.19. The second-order valence-electron chi connectivity index (χ2n) is 5.98. The quantitative estimate of drug-likeness (QED) is 0.670. The van der Waals surface area contributed by atoms with Gasteiger partial charge in [-0.3, -0.25) is 14.9 Å². The Hall–Kier alpha value is -2.11. The number of nitro benzene ring substituents is 1. The standard InChI is InChI=1S/C16H22N2O4/c1-11-4-3-5-15(12(11)2)17-16(19)10-22-14-8-6-13(7-9-14)18(20)21/h6-9,11-12,15H,3-5,10H2,1-2H3,(H,17,19)/t11-,12+,15-/m0/s1. The highest BCUT2D eigenvalue weighted by Crippen LogP contribution is 2.29. The minimum atomic E-state index is -0.470. The lowest BCUT2D eigenvalue weighted by atomic mass is 9.78. The molecule has 2 rings (SSSR count). The van der Waals surface area contributed by atoms with Crippen LogP contribution in [0.25, 0.3) is 0 Å². The van der Waals surface area contributed by atoms with Gasteiger partial charge < -0.3 is 10.1 Å². The Kier molecular flexibility index (Phi) is 5.35. The first-order valence-electron chi connectivity index (χ1n) is 7.64. The fraction of sp³-hybridized carbons (Fsp3) is 0.562. The Bertz CT molecular complexity index is 529. The van der Waals surface area contributed by atoms with E-state index in [0.29, 0.717) is 17.6 Å². The van der Waals surface area contributed by atoms with Gasteiger partial charge >= 0.3 is 0 Å². The summed E-state index contributed by atoms with van der Waals surface area (Å²) >= 11 is 0. The summed E-state index contributed by atoms with van der Waals surface area (Å²) in [5.74, 6) is 1.39. The van der Waals surface area contributed by atoms with Gasteiger partial charge in [-0.05, 0) is 30.4 Å². The highest BCUT2D eigenvalue weighted by atomic mass is 16.6. The Morgan fingerprint density at radius 3 is 2.64 bits per heavy atom. The number of nitrogens with one attached hydrogen (secondary N) is 1. The first-order chi connectivity index (χ1) is 10.5. The van der Waals surface area contributed by atoms with Crippen LogP contribution in [0.2, 0.25) is 0 Å². The highest BCUT2D eigenvalue weighted by Gasteiger charge is 2.28. The topological polar surface area (TPSA) is 81.5 Å². The monoisotopic (exact) mass is 306 g/mol. The predicted molar refractivity (Wildman–Crippen MR) is 82.7 cm³/mol. The zero-order chi connectivity index (χ0) is 16.1. The van der Waals surface area contributed by atoms with E-state index in [1.54, 1.807) is 0 Å². The van der Waals surface area contributed by atoms with Crippen molar-refractivity contribution in [3.05, 3.63) is 34.4 Å². The van der Waals surface area contributed by atoms with Gasteiger partial charge in [0.1, 0.15) is 5.75 Å². The van der Waals surface area contributed by atoms with E-state index < -0.39 is 4.92 Å². The van der Waals surface area contributed by atoms with Crippen LogP contribution < -0.4 is 10.1 Å². The van der Waals surface area contributed by atoms with Gasteiger partial charge in [0.2, 0.25) is 0 Å². The van der Waals surface area contributed by atoms with Crippen LogP contribution in [0.4, 0.5) is 5.69 Å². The van der Waals surface area contributed by atoms with Gasteiger partial charge in [0, 0.05) is 18.2 Å². The van der Waals surface area contributed by atoms with Gasteiger partial charge in [-0.25, -0.2) is 0 Å². The van der Waals surface area contributed by atoms with Crippen molar-refractivity contribution in [2.75, 3.05) is 6.61 Å². The smallest absolute Gasteiger partial charge is 0.269 e. The van der Waals surface area contributed by atoms with Crippen molar-refractivity contribution in [3.63, 3.8) is 0 Å². The molecule has 6 nitrogen and oxygen atoms in total. The molecular weight excluding hydrogens is 284 g/mol. The molecule has 0 radical (unpaired) electrons. The van der Waals surface area contributed by atoms with Gasteiger partial charge in [-0.2, -0.15) is 0 Å². The molecule has 0 bridgehead atoms. The van der Waals surface area contributed by atoms with Gasteiger partial charge in [-0.1, -0.05) is 26.7 Å². The second-order valence-corrected chi connectivity index (χ2v) is 5.98. The molecule has 1 fully saturated rings. The molecule has 1 aromatic carbocycles. The first kappa shape index (κ1) is 16.3. The van der Waals surface area contributed by atoms with E-state index >= 15 is 0 Å². The van der Waals surface area contributed by atoms with Crippen molar-refractivity contribution < 1.29 is 14.5 Å². The molecule has 0 aliphatic heterocycles. The molecule has 120 valence electrons. The Morgan fingerprint density at radius 2 is 2.00 bits per heavy atom. The van der Waals surface area contributed by atoms with Crippen LogP contribution >= 0.6 is 0 Å². The summed E-state index contributed by atoms with van der Waals surface area (Å²) in [6.45, 7) is 4.32. The van der Waals surface area contributed by atoms with Crippen LogP contribution in [0.15, 0.2) is 24.3 Å². The molecule has 0 heterocycles. The largest absolute Gasteiger partial charge is 0.484 e. The molecule has 6 heteroatoms. The lowest BCUT2D eigenvalue weighted by Crippen LogP contribution is -2.45. The van der Waals surface area contributed by atoms with E-state index in [4.69, 9.17) is 4.74 Å². The van der Waals surface area contributed by atoms with Crippen LogP contribution in [-0.2, 0) is 4.79 Å². The summed E-state index contributed by atoms with van der Waals surface area (Å²) in [6.07, 6.45) is 3.36. The zero-order valence-corrected chi connectivity index (χ0v) is 13.0. The molecule has 22 heavy (non-hydrogen) atoms. The van der Waals surface area contributed by atoms with Crippen LogP contribution in [-0.4, -0.2) is 23.5 Å². The Balaban J connectivity index is 1.81. The highest BCUT2D eigenvalue weighted by molar-refractivity contribution is 5.77. The first-order valence-corrected chi connectivity index (χ1v) is 7.64. The van der Waals surface area contributed by atoms with Crippen molar-refractivity contribution in [1.82, 2.24) is 5.32 Å². The molecule has 0 saturated heterocycles. The summed E-state index contributed by atoms with van der Waals surface area (Å²) in [5.41, 5.74) is 0.00168. The average molecular weight is 306 g/mol. The molecule has 1 saturated carbocycles. The normalized spacial score (nSPS) is 24.5. The molecule has 1 aliphatic carbocycles. The maximum absolute atomic E-state index is 12.0. The number of nitro groups is 1. The van der Waals surface area contributed by atoms with Gasteiger partial charge in [-0.15, -0.1) is 0 Å². The summed E-state index contributed by atoms with van der Waals surface area (Å²) in [5, 5.41) is 13.6. The molecule has 0 aromatic heterocycles. The average Bonchev–Trinajstić information content (AvgIpc) is 2.50. The van der Waals surface area contributed by atoms with E-state index in [0.717, 1.165) is 12.8 Å². The lowest BCUT2D eigenvalue weighted by molar-refractivity contribution is -0.384. The van der Waals surface area contributed by atoms with Crippen molar-refractivity contribution in [3.8, 4) is 5.75 Å². The summed E-state index contributed by atoms with van der Waals surface area (Å²) in [6, 6.07) is 5.92. The number of hydrogen-bond donors (Lipinski definition) is 1. The third-order valence-electron chi connectivity index (χ3n) is 4.47. The molecule has 0 unspecified atom stereocenters.